The summed E-state index contributed by atoms with van der Waals surface area (Å²) in [5, 5.41) is 3.64. The Hall–Kier alpha value is -2.53. The third-order valence-corrected chi connectivity index (χ3v) is 6.02. The summed E-state index contributed by atoms with van der Waals surface area (Å²) in [4.78, 5) is 27.9. The minimum absolute atomic E-state index is 0.0400. The monoisotopic (exact) mass is 458 g/mol. The second kappa shape index (κ2) is 11.9. The van der Waals surface area contributed by atoms with E-state index < -0.39 is 6.04 Å². The molecule has 0 heterocycles. The van der Waals surface area contributed by atoms with Gasteiger partial charge in [-0.25, -0.2) is 0 Å². The van der Waals surface area contributed by atoms with E-state index in [-0.39, 0.29) is 24.5 Å². The first-order chi connectivity index (χ1) is 15.2. The number of amides is 2. The van der Waals surface area contributed by atoms with Crippen molar-refractivity contribution in [3.63, 3.8) is 0 Å². The molecule has 2 rings (SSSR count). The van der Waals surface area contributed by atoms with Crippen molar-refractivity contribution in [2.24, 2.45) is 0 Å². The summed E-state index contributed by atoms with van der Waals surface area (Å²) in [5.41, 5.74) is 4.10. The molecule has 2 amide bonds. The van der Waals surface area contributed by atoms with Gasteiger partial charge < -0.3 is 15.0 Å². The Bertz CT molecular complexity index is 927. The van der Waals surface area contributed by atoms with Gasteiger partial charge >= 0.3 is 0 Å². The molecule has 0 saturated carbocycles. The van der Waals surface area contributed by atoms with Gasteiger partial charge in [-0.2, -0.15) is 0 Å². The summed E-state index contributed by atoms with van der Waals surface area (Å²) in [7, 11) is 0. The lowest BCUT2D eigenvalue weighted by molar-refractivity contribution is -0.143. The molecule has 0 unspecified atom stereocenters. The van der Waals surface area contributed by atoms with E-state index >= 15 is 0 Å². The molecule has 174 valence electrons. The van der Waals surface area contributed by atoms with Gasteiger partial charge in [0.2, 0.25) is 5.91 Å². The predicted molar refractivity (Wildman–Crippen MR) is 130 cm³/mol. The summed E-state index contributed by atoms with van der Waals surface area (Å²) >= 11 is 6.02. The highest BCUT2D eigenvalue weighted by atomic mass is 35.5. The van der Waals surface area contributed by atoms with Gasteiger partial charge in [0, 0.05) is 17.6 Å². The highest BCUT2D eigenvalue weighted by Gasteiger charge is 2.29. The van der Waals surface area contributed by atoms with E-state index in [9.17, 15) is 9.59 Å². The van der Waals surface area contributed by atoms with Crippen molar-refractivity contribution in [3.05, 3.63) is 63.7 Å². The topological polar surface area (TPSA) is 58.6 Å². The number of carbonyl (C=O) groups is 2. The molecular weight excluding hydrogens is 424 g/mol. The van der Waals surface area contributed by atoms with Crippen LogP contribution in [-0.2, 0) is 16.1 Å². The summed E-state index contributed by atoms with van der Waals surface area (Å²) in [5.74, 6) is 0.316. The summed E-state index contributed by atoms with van der Waals surface area (Å²) in [6.45, 7) is 12.1. The van der Waals surface area contributed by atoms with Crippen molar-refractivity contribution in [1.29, 1.82) is 0 Å². The first-order valence-electron chi connectivity index (χ1n) is 11.2. The zero-order valence-electron chi connectivity index (χ0n) is 20.0. The number of nitrogens with zero attached hydrogens (tertiary/aromatic N) is 1. The number of rotatable bonds is 10. The SMILES string of the molecule is CC[C@H](C(=O)N[C@@H](C)CC)N(Cc1ccc(Cl)cc1)C(=O)COc1cc(C)cc(C)c1C. The third kappa shape index (κ3) is 6.99. The highest BCUT2D eigenvalue weighted by Crippen LogP contribution is 2.24. The molecule has 2 atom stereocenters. The van der Waals surface area contributed by atoms with E-state index in [0.29, 0.717) is 23.7 Å². The van der Waals surface area contributed by atoms with E-state index in [0.717, 1.165) is 28.7 Å². The van der Waals surface area contributed by atoms with E-state index in [1.165, 1.54) is 0 Å². The molecule has 0 aliphatic rings. The summed E-state index contributed by atoms with van der Waals surface area (Å²) in [6, 6.07) is 10.8. The molecule has 2 aromatic rings. The molecule has 6 heteroatoms. The molecule has 0 saturated heterocycles. The quantitative estimate of drug-likeness (QED) is 0.521. The van der Waals surface area contributed by atoms with Crippen LogP contribution in [0, 0.1) is 20.8 Å². The number of halogens is 1. The average Bonchev–Trinajstić information content (AvgIpc) is 2.76. The molecule has 5 nitrogen and oxygen atoms in total. The number of benzene rings is 2. The Morgan fingerprint density at radius 2 is 1.72 bits per heavy atom. The molecule has 32 heavy (non-hydrogen) atoms. The Kier molecular flexibility index (Phi) is 9.58. The van der Waals surface area contributed by atoms with Crippen LogP contribution in [0.15, 0.2) is 36.4 Å². The van der Waals surface area contributed by atoms with E-state index in [1.54, 1.807) is 17.0 Å². The van der Waals surface area contributed by atoms with Crippen molar-refractivity contribution in [3.8, 4) is 5.75 Å². The molecular formula is C26H35ClN2O3. The Balaban J connectivity index is 2.26. The fraction of sp³-hybridized carbons (Fsp3) is 0.462. The lowest BCUT2D eigenvalue weighted by Gasteiger charge is -2.31. The summed E-state index contributed by atoms with van der Waals surface area (Å²) in [6.07, 6.45) is 1.33. The fourth-order valence-corrected chi connectivity index (χ4v) is 3.65. The predicted octanol–water partition coefficient (Wildman–Crippen LogP) is 5.37. The maximum Gasteiger partial charge on any atom is 0.261 e. The van der Waals surface area contributed by atoms with Crippen molar-refractivity contribution in [2.75, 3.05) is 6.61 Å². The van der Waals surface area contributed by atoms with Gasteiger partial charge in [-0.3, -0.25) is 9.59 Å². The van der Waals surface area contributed by atoms with Gasteiger partial charge in [-0.05, 0) is 81.0 Å². The van der Waals surface area contributed by atoms with Gasteiger partial charge in [-0.15, -0.1) is 0 Å². The normalized spacial score (nSPS) is 12.7. The average molecular weight is 459 g/mol. The van der Waals surface area contributed by atoms with Gasteiger partial charge in [0.25, 0.3) is 5.91 Å². The Morgan fingerprint density at radius 1 is 1.06 bits per heavy atom. The zero-order chi connectivity index (χ0) is 23.8. The van der Waals surface area contributed by atoms with E-state index in [1.807, 2.05) is 59.7 Å². The molecule has 0 aliphatic carbocycles. The van der Waals surface area contributed by atoms with Crippen LogP contribution in [0.5, 0.6) is 5.75 Å². The molecule has 0 aromatic heterocycles. The molecule has 0 fully saturated rings. The van der Waals surface area contributed by atoms with Crippen molar-refractivity contribution in [1.82, 2.24) is 10.2 Å². The minimum Gasteiger partial charge on any atom is -0.483 e. The number of hydrogen-bond acceptors (Lipinski definition) is 3. The van der Waals surface area contributed by atoms with Crippen LogP contribution >= 0.6 is 11.6 Å². The third-order valence-electron chi connectivity index (χ3n) is 5.77. The maximum absolute atomic E-state index is 13.3. The van der Waals surface area contributed by atoms with Crippen LogP contribution in [0.4, 0.5) is 0 Å². The van der Waals surface area contributed by atoms with Gasteiger partial charge in [0.15, 0.2) is 6.61 Å². The largest absolute Gasteiger partial charge is 0.483 e. The Labute approximate surface area is 197 Å². The first kappa shape index (κ1) is 25.7. The lowest BCUT2D eigenvalue weighted by atomic mass is 10.1. The van der Waals surface area contributed by atoms with Gasteiger partial charge in [0.1, 0.15) is 11.8 Å². The first-order valence-corrected chi connectivity index (χ1v) is 11.6. The Morgan fingerprint density at radius 3 is 2.31 bits per heavy atom. The van der Waals surface area contributed by atoms with Crippen LogP contribution in [0.2, 0.25) is 5.02 Å². The number of ether oxygens (including phenoxy) is 1. The van der Waals surface area contributed by atoms with Crippen LogP contribution in [0.25, 0.3) is 0 Å². The van der Waals surface area contributed by atoms with Crippen molar-refractivity contribution in [2.45, 2.75) is 73.0 Å². The van der Waals surface area contributed by atoms with Crippen molar-refractivity contribution < 1.29 is 14.3 Å². The molecule has 0 aliphatic heterocycles. The summed E-state index contributed by atoms with van der Waals surface area (Å²) < 4.78 is 5.93. The second-order valence-electron chi connectivity index (χ2n) is 8.38. The molecule has 0 radical (unpaired) electrons. The van der Waals surface area contributed by atoms with Gasteiger partial charge in [-0.1, -0.05) is 43.6 Å². The smallest absolute Gasteiger partial charge is 0.261 e. The second-order valence-corrected chi connectivity index (χ2v) is 8.82. The zero-order valence-corrected chi connectivity index (χ0v) is 20.8. The van der Waals surface area contributed by atoms with Crippen LogP contribution in [0.1, 0.15) is 55.9 Å². The highest BCUT2D eigenvalue weighted by molar-refractivity contribution is 6.30. The van der Waals surface area contributed by atoms with Crippen LogP contribution < -0.4 is 10.1 Å². The van der Waals surface area contributed by atoms with Crippen LogP contribution in [-0.4, -0.2) is 35.4 Å². The molecule has 2 aromatic carbocycles. The lowest BCUT2D eigenvalue weighted by Crippen LogP contribution is -2.51. The minimum atomic E-state index is -0.587. The standard InChI is InChI=1S/C26H35ClN2O3/c1-7-19(5)28-26(31)23(8-2)29(15-21-9-11-22(27)12-10-21)25(30)16-32-24-14-17(3)13-18(4)20(24)6/h9-14,19,23H,7-8,15-16H2,1-6H3,(H,28,31)/t19-,23+/m0/s1. The number of nitrogens with one attached hydrogen (secondary N) is 1. The molecule has 1 N–H and O–H groups in total. The van der Waals surface area contributed by atoms with Crippen LogP contribution in [0.3, 0.4) is 0 Å². The number of aryl methyl sites for hydroxylation is 2. The van der Waals surface area contributed by atoms with Gasteiger partial charge in [0.05, 0.1) is 0 Å². The van der Waals surface area contributed by atoms with E-state index in [2.05, 4.69) is 11.4 Å². The van der Waals surface area contributed by atoms with E-state index in [4.69, 9.17) is 16.3 Å². The maximum atomic E-state index is 13.3. The number of hydrogen-bond donors (Lipinski definition) is 1. The molecule has 0 spiro atoms. The molecule has 0 bridgehead atoms. The number of carbonyl (C=O) groups excluding carboxylic acids is 2. The fourth-order valence-electron chi connectivity index (χ4n) is 3.52. The van der Waals surface area contributed by atoms with Crippen molar-refractivity contribution >= 4 is 23.4 Å².